The number of aromatic carboxylic acids is 1. The molecule has 0 aliphatic carbocycles. The van der Waals surface area contributed by atoms with Crippen molar-refractivity contribution < 1.29 is 59.3 Å². The van der Waals surface area contributed by atoms with E-state index in [9.17, 15) is 34.5 Å². The van der Waals surface area contributed by atoms with Crippen LogP contribution in [-0.4, -0.2) is 28.9 Å². The number of nitrogens with one attached hydrogen (secondary N) is 2. The maximum Gasteiger partial charge on any atom is 3.00 e. The molecule has 11 nitrogen and oxygen atoms in total. The van der Waals surface area contributed by atoms with Crippen LogP contribution in [0.3, 0.4) is 0 Å². The number of carbonyl (C=O) groups excluding carboxylic acids is 4. The third-order valence-electron chi connectivity index (χ3n) is 6.35. The minimum absolute atomic E-state index is 0. The molecule has 0 radical (unpaired) electrons. The Morgan fingerprint density at radius 2 is 1.17 bits per heavy atom. The van der Waals surface area contributed by atoms with E-state index in [0.717, 1.165) is 0 Å². The van der Waals surface area contributed by atoms with Gasteiger partial charge < -0.3 is 45.1 Å². The van der Waals surface area contributed by atoms with Gasteiger partial charge in [-0.1, -0.05) is 79.4 Å². The van der Waals surface area contributed by atoms with Crippen LogP contribution in [0.15, 0.2) is 140 Å². The number of carboxylic acid groups (broad SMARTS) is 3. The first kappa shape index (κ1) is 36.6. The molecule has 236 valence electrons. The second-order valence-corrected chi connectivity index (χ2v) is 9.46. The molecule has 2 aromatic carbocycles. The molecule has 3 aromatic rings. The minimum Gasteiger partial charge on any atom is -0.547 e. The largest absolute Gasteiger partial charge is 3.00 e. The van der Waals surface area contributed by atoms with Crippen LogP contribution in [0.4, 0.5) is 0 Å². The van der Waals surface area contributed by atoms with Gasteiger partial charge in [0.05, 0.1) is 17.9 Å². The maximum absolute atomic E-state index is 11.2. The first-order valence-corrected chi connectivity index (χ1v) is 13.4. The summed E-state index contributed by atoms with van der Waals surface area (Å²) in [6.45, 7) is 4.82. The van der Waals surface area contributed by atoms with Gasteiger partial charge >= 0.3 is 26.1 Å². The van der Waals surface area contributed by atoms with Gasteiger partial charge in [0.2, 0.25) is 0 Å². The van der Waals surface area contributed by atoms with Crippen molar-refractivity contribution in [2.45, 2.75) is 18.0 Å². The Balaban J connectivity index is 0.000000238. The molecular formula is C34H28IrN3O8. The Morgan fingerprint density at radius 3 is 1.52 bits per heavy atom. The van der Waals surface area contributed by atoms with Crippen molar-refractivity contribution in [1.29, 1.82) is 0 Å². The number of dihydropyridines is 2. The molecule has 0 fully saturated rings. The molecule has 12 heteroatoms. The minimum atomic E-state index is -1.50. The Hall–Kier alpha value is -5.58. The summed E-state index contributed by atoms with van der Waals surface area (Å²) in [5.74, 6) is -4.67. The predicted molar refractivity (Wildman–Crippen MR) is 158 cm³/mol. The van der Waals surface area contributed by atoms with E-state index in [1.165, 1.54) is 25.3 Å². The summed E-state index contributed by atoms with van der Waals surface area (Å²) < 4.78 is 4.75. The number of hydrogen-bond donors (Lipinski definition) is 2. The quantitative estimate of drug-likeness (QED) is 0.251. The number of hydrogen-bond acceptors (Lipinski definition) is 11. The molecule has 0 spiro atoms. The fraction of sp³-hybridized carbons (Fsp3) is 0.0882. The van der Waals surface area contributed by atoms with Crippen molar-refractivity contribution in [3.05, 3.63) is 157 Å². The number of carbonyl (C=O) groups is 4. The number of nitrogens with zero attached hydrogens (tertiary/aromatic N) is 1. The van der Waals surface area contributed by atoms with E-state index in [0.29, 0.717) is 11.1 Å². The van der Waals surface area contributed by atoms with E-state index in [1.54, 1.807) is 97.4 Å². The van der Waals surface area contributed by atoms with E-state index in [-0.39, 0.29) is 31.4 Å². The third-order valence-corrected chi connectivity index (χ3v) is 6.35. The van der Waals surface area contributed by atoms with Gasteiger partial charge in [0, 0.05) is 11.8 Å². The van der Waals surface area contributed by atoms with Crippen LogP contribution >= 0.6 is 0 Å². The molecule has 46 heavy (non-hydrogen) atoms. The summed E-state index contributed by atoms with van der Waals surface area (Å²) in [6.07, 6.45) is 14.5. The first-order chi connectivity index (χ1) is 21.5. The van der Waals surface area contributed by atoms with Gasteiger partial charge in [0.25, 0.3) is 0 Å². The Labute approximate surface area is 278 Å². The third kappa shape index (κ3) is 8.98. The molecule has 2 aliphatic rings. The fourth-order valence-corrected chi connectivity index (χ4v) is 4.03. The normalized spacial score (nSPS) is 18.4. The van der Waals surface area contributed by atoms with E-state index < -0.39 is 40.6 Å². The van der Waals surface area contributed by atoms with E-state index in [1.807, 2.05) is 12.1 Å². The molecule has 0 saturated carbocycles. The number of carboxylic acids is 3. The van der Waals surface area contributed by atoms with Crippen LogP contribution in [0.25, 0.3) is 0 Å². The number of aromatic nitrogens is 1. The summed E-state index contributed by atoms with van der Waals surface area (Å²) in [5.41, 5.74) is -1.40. The SMILES string of the molecule is C=C(C)C(=O)Oc1cccnc1C(=O)[O-].O=C([O-])C1(c2ccccc2)C=CC=CN1.O=C([O-])C1(c2ccccc2)C=CC=CN1.[Ir+3]. The molecular weight excluding hydrogens is 771 g/mol. The van der Waals surface area contributed by atoms with E-state index in [4.69, 9.17) is 4.74 Å². The predicted octanol–water partition coefficient (Wildman–Crippen LogP) is 0.534. The van der Waals surface area contributed by atoms with Gasteiger partial charge in [-0.25, -0.2) is 4.79 Å². The molecule has 2 unspecified atom stereocenters. The van der Waals surface area contributed by atoms with Gasteiger partial charge in [-0.2, -0.15) is 0 Å². The zero-order chi connectivity index (χ0) is 32.9. The van der Waals surface area contributed by atoms with Crippen LogP contribution in [0.2, 0.25) is 0 Å². The number of allylic oxidation sites excluding steroid dienone is 4. The Morgan fingerprint density at radius 1 is 0.717 bits per heavy atom. The van der Waals surface area contributed by atoms with Crippen LogP contribution in [0.5, 0.6) is 5.75 Å². The van der Waals surface area contributed by atoms with Crippen molar-refractivity contribution in [3.8, 4) is 5.75 Å². The van der Waals surface area contributed by atoms with Gasteiger partial charge in [-0.05, 0) is 66.9 Å². The summed E-state index contributed by atoms with van der Waals surface area (Å²) in [6, 6.07) is 20.7. The molecule has 2 atom stereocenters. The number of rotatable bonds is 7. The standard InChI is InChI=1S/2C12H11NO2.C10H9NO4.Ir/c2*14-11(15)12(8-4-5-9-13-12)10-6-2-1-3-7-10;1-6(2)10(14)15-7-4-3-5-11-8(7)9(12)13;/h2*1-9,13H,(H,14,15);3-5H,1H2,2H3,(H,12,13);/q;;;+3/p-3. The summed E-state index contributed by atoms with van der Waals surface area (Å²) in [5, 5.41) is 38.7. The Bertz CT molecular complexity index is 1590. The van der Waals surface area contributed by atoms with E-state index in [2.05, 4.69) is 22.2 Å². The topological polar surface area (TPSA) is 184 Å². The van der Waals surface area contributed by atoms with Crippen LogP contribution in [0.1, 0.15) is 28.5 Å². The van der Waals surface area contributed by atoms with Crippen molar-refractivity contribution in [3.63, 3.8) is 0 Å². The van der Waals surface area contributed by atoms with Crippen LogP contribution < -0.4 is 30.7 Å². The average molecular weight is 799 g/mol. The second-order valence-electron chi connectivity index (χ2n) is 9.46. The maximum atomic E-state index is 11.2. The zero-order valence-corrected chi connectivity index (χ0v) is 26.8. The van der Waals surface area contributed by atoms with Crippen molar-refractivity contribution in [1.82, 2.24) is 15.6 Å². The average Bonchev–Trinajstić information content (AvgIpc) is 3.06. The van der Waals surface area contributed by atoms with Gasteiger partial charge in [-0.15, -0.1) is 0 Å². The molecule has 2 N–H and O–H groups in total. The van der Waals surface area contributed by atoms with Crippen molar-refractivity contribution >= 4 is 23.9 Å². The Kier molecular flexibility index (Phi) is 13.6. The number of benzene rings is 2. The number of esters is 1. The van der Waals surface area contributed by atoms with Crippen molar-refractivity contribution in [2.75, 3.05) is 0 Å². The van der Waals surface area contributed by atoms with E-state index >= 15 is 0 Å². The number of ether oxygens (including phenoxy) is 1. The van der Waals surface area contributed by atoms with Gasteiger partial charge in [0.1, 0.15) is 16.8 Å². The van der Waals surface area contributed by atoms with Crippen LogP contribution in [-0.2, 0) is 45.6 Å². The summed E-state index contributed by atoms with van der Waals surface area (Å²) >= 11 is 0. The molecule has 0 saturated heterocycles. The molecule has 0 amide bonds. The molecule has 0 bridgehead atoms. The molecule has 2 aliphatic heterocycles. The summed E-state index contributed by atoms with van der Waals surface area (Å²) in [4.78, 5) is 47.7. The number of aliphatic carboxylic acids is 2. The number of pyridine rings is 1. The molecule has 3 heterocycles. The molecule has 5 rings (SSSR count). The van der Waals surface area contributed by atoms with Gasteiger partial charge in [-0.3, -0.25) is 4.98 Å². The van der Waals surface area contributed by atoms with Crippen LogP contribution in [0, 0.1) is 0 Å². The second kappa shape index (κ2) is 17.0. The monoisotopic (exact) mass is 799 g/mol. The fourth-order valence-electron chi connectivity index (χ4n) is 4.03. The zero-order valence-electron chi connectivity index (χ0n) is 24.4. The first-order valence-electron chi connectivity index (χ1n) is 13.4. The smallest absolute Gasteiger partial charge is 0.547 e. The van der Waals surface area contributed by atoms with Gasteiger partial charge in [0.15, 0.2) is 5.75 Å². The van der Waals surface area contributed by atoms with Crippen molar-refractivity contribution in [2.24, 2.45) is 0 Å². The molecule has 1 aromatic heterocycles. The summed E-state index contributed by atoms with van der Waals surface area (Å²) in [7, 11) is 0.